The van der Waals surface area contributed by atoms with Gasteiger partial charge in [0.2, 0.25) is 0 Å². The topological polar surface area (TPSA) is 62.2 Å². The lowest BCUT2D eigenvalue weighted by atomic mass is 10.0. The molecule has 0 radical (unpaired) electrons. The van der Waals surface area contributed by atoms with Crippen LogP contribution in [0.5, 0.6) is 0 Å². The molecule has 0 saturated heterocycles. The van der Waals surface area contributed by atoms with E-state index in [4.69, 9.17) is 16.7 Å². The summed E-state index contributed by atoms with van der Waals surface area (Å²) in [5, 5.41) is 11.2. The summed E-state index contributed by atoms with van der Waals surface area (Å²) < 4.78 is 0. The highest BCUT2D eigenvalue weighted by Gasteiger charge is 2.07. The fourth-order valence-electron chi connectivity index (χ4n) is 1.08. The second-order valence-electron chi connectivity index (χ2n) is 3.00. The van der Waals surface area contributed by atoms with Crippen LogP contribution in [-0.4, -0.2) is 22.7 Å². The van der Waals surface area contributed by atoms with Gasteiger partial charge in [-0.2, -0.15) is 0 Å². The Morgan fingerprint density at radius 1 is 1.79 bits per heavy atom. The van der Waals surface area contributed by atoms with Crippen LogP contribution in [0.4, 0.5) is 4.79 Å². The third-order valence-corrected chi connectivity index (χ3v) is 2.09. The number of amides is 1. The van der Waals surface area contributed by atoms with Crippen molar-refractivity contribution in [3.05, 3.63) is 29.0 Å². The molecule has 1 atom stereocenters. The van der Waals surface area contributed by atoms with E-state index in [1.165, 1.54) is 0 Å². The molecule has 0 aliphatic heterocycles. The Morgan fingerprint density at radius 2 is 2.50 bits per heavy atom. The van der Waals surface area contributed by atoms with Gasteiger partial charge in [0.25, 0.3) is 0 Å². The minimum Gasteiger partial charge on any atom is -0.465 e. The molecule has 0 fully saturated rings. The summed E-state index contributed by atoms with van der Waals surface area (Å²) in [7, 11) is 0. The molecular formula is C9H11ClN2O2. The Balaban J connectivity index is 2.60. The van der Waals surface area contributed by atoms with Crippen molar-refractivity contribution in [3.8, 4) is 0 Å². The van der Waals surface area contributed by atoms with Gasteiger partial charge in [-0.15, -0.1) is 0 Å². The third-order valence-electron chi connectivity index (χ3n) is 1.88. The molecule has 0 saturated carbocycles. The Bertz CT molecular complexity index is 330. The number of hydrogen-bond donors (Lipinski definition) is 2. The van der Waals surface area contributed by atoms with E-state index in [-0.39, 0.29) is 5.92 Å². The molecule has 1 rings (SSSR count). The van der Waals surface area contributed by atoms with E-state index in [9.17, 15) is 4.79 Å². The van der Waals surface area contributed by atoms with Gasteiger partial charge in [0, 0.05) is 12.7 Å². The van der Waals surface area contributed by atoms with Crippen LogP contribution >= 0.6 is 11.6 Å². The molecule has 76 valence electrons. The van der Waals surface area contributed by atoms with E-state index in [0.717, 1.165) is 5.56 Å². The number of carboxylic acid groups (broad SMARTS) is 1. The van der Waals surface area contributed by atoms with Crippen LogP contribution in [0.1, 0.15) is 18.4 Å². The van der Waals surface area contributed by atoms with Crippen molar-refractivity contribution in [2.45, 2.75) is 12.8 Å². The molecule has 1 amide bonds. The minimum atomic E-state index is -1.02. The highest BCUT2D eigenvalue weighted by atomic mass is 35.5. The zero-order valence-electron chi connectivity index (χ0n) is 7.70. The van der Waals surface area contributed by atoms with Gasteiger partial charge in [-0.05, 0) is 23.6 Å². The van der Waals surface area contributed by atoms with Crippen molar-refractivity contribution in [3.63, 3.8) is 0 Å². The molecule has 1 aromatic heterocycles. The smallest absolute Gasteiger partial charge is 0.404 e. The van der Waals surface area contributed by atoms with Gasteiger partial charge in [-0.25, -0.2) is 9.78 Å². The maximum atomic E-state index is 10.3. The zero-order chi connectivity index (χ0) is 10.6. The van der Waals surface area contributed by atoms with Crippen LogP contribution in [0.2, 0.25) is 5.15 Å². The molecule has 4 nitrogen and oxygen atoms in total. The Labute approximate surface area is 86.9 Å². The summed E-state index contributed by atoms with van der Waals surface area (Å²) in [6, 6.07) is 3.55. The standard InChI is InChI=1S/C9H11ClN2O2/c1-6(5-12-9(13)14)7-2-3-11-8(10)4-7/h2-4,6,12H,5H2,1H3,(H,13,14). The van der Waals surface area contributed by atoms with Crippen molar-refractivity contribution in [1.82, 2.24) is 10.3 Å². The number of rotatable bonds is 3. The molecule has 0 aromatic carbocycles. The second kappa shape index (κ2) is 4.81. The van der Waals surface area contributed by atoms with Gasteiger partial charge in [0.05, 0.1) is 0 Å². The summed E-state index contributed by atoms with van der Waals surface area (Å²) >= 11 is 5.70. The summed E-state index contributed by atoms with van der Waals surface area (Å²) in [4.78, 5) is 14.1. The number of hydrogen-bond acceptors (Lipinski definition) is 2. The van der Waals surface area contributed by atoms with E-state index in [1.807, 2.05) is 13.0 Å². The molecule has 14 heavy (non-hydrogen) atoms. The fraction of sp³-hybridized carbons (Fsp3) is 0.333. The Morgan fingerprint density at radius 3 is 3.07 bits per heavy atom. The summed E-state index contributed by atoms with van der Waals surface area (Å²) in [5.74, 6) is 0.0894. The average Bonchev–Trinajstić information content (AvgIpc) is 2.14. The minimum absolute atomic E-state index is 0.0894. The van der Waals surface area contributed by atoms with Crippen molar-refractivity contribution in [1.29, 1.82) is 0 Å². The summed E-state index contributed by atoms with van der Waals surface area (Å²) in [5.41, 5.74) is 0.971. The number of aromatic nitrogens is 1. The number of pyridine rings is 1. The molecule has 0 aliphatic carbocycles. The normalized spacial score (nSPS) is 12.1. The Hall–Kier alpha value is -1.29. The van der Waals surface area contributed by atoms with E-state index in [0.29, 0.717) is 11.7 Å². The average molecular weight is 215 g/mol. The Kier molecular flexibility index (Phi) is 3.71. The number of nitrogens with one attached hydrogen (secondary N) is 1. The van der Waals surface area contributed by atoms with Gasteiger partial charge in [0.15, 0.2) is 0 Å². The van der Waals surface area contributed by atoms with Crippen LogP contribution in [0.3, 0.4) is 0 Å². The monoisotopic (exact) mass is 214 g/mol. The molecule has 0 spiro atoms. The second-order valence-corrected chi connectivity index (χ2v) is 3.39. The summed E-state index contributed by atoms with van der Waals surface area (Å²) in [6.45, 7) is 2.29. The number of halogens is 1. The molecule has 0 bridgehead atoms. The lowest BCUT2D eigenvalue weighted by Crippen LogP contribution is -2.25. The van der Waals surface area contributed by atoms with Crippen LogP contribution in [0, 0.1) is 0 Å². The molecule has 1 aromatic rings. The molecule has 1 heterocycles. The number of nitrogens with zero attached hydrogens (tertiary/aromatic N) is 1. The lowest BCUT2D eigenvalue weighted by molar-refractivity contribution is 0.194. The quantitative estimate of drug-likeness (QED) is 0.758. The summed E-state index contributed by atoms with van der Waals surface area (Å²) in [6.07, 6.45) is 0.589. The van der Waals surface area contributed by atoms with Crippen molar-refractivity contribution < 1.29 is 9.90 Å². The predicted molar refractivity (Wildman–Crippen MR) is 53.7 cm³/mol. The molecule has 0 aliphatic rings. The van der Waals surface area contributed by atoms with Crippen molar-refractivity contribution in [2.24, 2.45) is 0 Å². The maximum absolute atomic E-state index is 10.3. The first-order chi connectivity index (χ1) is 6.59. The van der Waals surface area contributed by atoms with Gasteiger partial charge in [-0.3, -0.25) is 0 Å². The number of carbonyl (C=O) groups is 1. The van der Waals surface area contributed by atoms with Crippen LogP contribution in [-0.2, 0) is 0 Å². The zero-order valence-corrected chi connectivity index (χ0v) is 8.45. The highest BCUT2D eigenvalue weighted by Crippen LogP contribution is 2.16. The molecule has 1 unspecified atom stereocenters. The third kappa shape index (κ3) is 3.22. The maximum Gasteiger partial charge on any atom is 0.404 e. The van der Waals surface area contributed by atoms with E-state index in [1.54, 1.807) is 12.3 Å². The van der Waals surface area contributed by atoms with Gasteiger partial charge in [-0.1, -0.05) is 18.5 Å². The van der Waals surface area contributed by atoms with E-state index < -0.39 is 6.09 Å². The van der Waals surface area contributed by atoms with Crippen LogP contribution < -0.4 is 5.32 Å². The molecule has 2 N–H and O–H groups in total. The molecular weight excluding hydrogens is 204 g/mol. The van der Waals surface area contributed by atoms with Crippen LogP contribution in [0.15, 0.2) is 18.3 Å². The van der Waals surface area contributed by atoms with Gasteiger partial charge < -0.3 is 10.4 Å². The van der Waals surface area contributed by atoms with Crippen LogP contribution in [0.25, 0.3) is 0 Å². The highest BCUT2D eigenvalue weighted by molar-refractivity contribution is 6.29. The van der Waals surface area contributed by atoms with Crippen molar-refractivity contribution in [2.75, 3.05) is 6.54 Å². The first-order valence-electron chi connectivity index (χ1n) is 4.18. The lowest BCUT2D eigenvalue weighted by Gasteiger charge is -2.11. The fourth-order valence-corrected chi connectivity index (χ4v) is 1.26. The van der Waals surface area contributed by atoms with Gasteiger partial charge >= 0.3 is 6.09 Å². The largest absolute Gasteiger partial charge is 0.465 e. The first kappa shape index (κ1) is 10.8. The van der Waals surface area contributed by atoms with Gasteiger partial charge in [0.1, 0.15) is 5.15 Å². The first-order valence-corrected chi connectivity index (χ1v) is 4.55. The van der Waals surface area contributed by atoms with E-state index >= 15 is 0 Å². The molecule has 5 heteroatoms. The SMILES string of the molecule is CC(CNC(=O)O)c1ccnc(Cl)c1. The van der Waals surface area contributed by atoms with Crippen molar-refractivity contribution >= 4 is 17.7 Å². The predicted octanol–water partition coefficient (Wildman–Crippen LogP) is 2.11. The van der Waals surface area contributed by atoms with E-state index in [2.05, 4.69) is 10.3 Å².